The fourth-order valence-electron chi connectivity index (χ4n) is 2.93. The highest BCUT2D eigenvalue weighted by Crippen LogP contribution is 2.32. The van der Waals surface area contributed by atoms with Crippen LogP contribution < -0.4 is 15.4 Å². The molecule has 0 spiro atoms. The molecule has 0 radical (unpaired) electrons. The van der Waals surface area contributed by atoms with E-state index in [1.807, 2.05) is 50.2 Å². The summed E-state index contributed by atoms with van der Waals surface area (Å²) in [7, 11) is 0. The van der Waals surface area contributed by atoms with Gasteiger partial charge in [-0.1, -0.05) is 67.3 Å². The van der Waals surface area contributed by atoms with E-state index >= 15 is 0 Å². The van der Waals surface area contributed by atoms with Crippen LogP contribution in [0.1, 0.15) is 37.8 Å². The number of aromatic nitrogens is 2. The van der Waals surface area contributed by atoms with Crippen molar-refractivity contribution in [3.8, 4) is 5.75 Å². The molecule has 0 saturated heterocycles. The Kier molecular flexibility index (Phi) is 7.70. The predicted octanol–water partition coefficient (Wildman–Crippen LogP) is 5.84. The average molecular weight is 443 g/mol. The number of carbonyl (C=O) groups excluding carboxylic acids is 1. The van der Waals surface area contributed by atoms with Gasteiger partial charge in [0.05, 0.1) is 18.0 Å². The molecule has 1 amide bonds. The zero-order valence-electron chi connectivity index (χ0n) is 17.6. The molecule has 30 heavy (non-hydrogen) atoms. The zero-order valence-corrected chi connectivity index (χ0v) is 19.2. The number of carbonyl (C=O) groups is 1. The Morgan fingerprint density at radius 3 is 2.73 bits per heavy atom. The van der Waals surface area contributed by atoms with E-state index < -0.39 is 0 Å². The molecule has 0 bridgehead atoms. The molecule has 6 nitrogen and oxygen atoms in total. The zero-order chi connectivity index (χ0) is 21.5. The number of rotatable bonds is 9. The first-order chi connectivity index (χ1) is 14.5. The summed E-state index contributed by atoms with van der Waals surface area (Å²) in [6.07, 6.45) is 0. The number of nitrogens with zero attached hydrogens (tertiary/aromatic N) is 2. The Morgan fingerprint density at radius 2 is 1.97 bits per heavy atom. The summed E-state index contributed by atoms with van der Waals surface area (Å²) in [4.78, 5) is 12.5. The number of hydrogen-bond acceptors (Lipinski definition) is 7. The number of para-hydroxylation sites is 3. The summed E-state index contributed by atoms with van der Waals surface area (Å²) < 4.78 is 6.36. The molecule has 8 heteroatoms. The molecular formula is C22H26N4O2S2. The number of hydrogen-bond donors (Lipinski definition) is 2. The van der Waals surface area contributed by atoms with Crippen LogP contribution in [0.15, 0.2) is 46.8 Å². The van der Waals surface area contributed by atoms with E-state index in [0.717, 1.165) is 32.6 Å². The first-order valence-corrected chi connectivity index (χ1v) is 11.6. The maximum Gasteiger partial charge on any atom is 0.234 e. The van der Waals surface area contributed by atoms with Gasteiger partial charge >= 0.3 is 0 Å². The molecule has 0 aliphatic rings. The van der Waals surface area contributed by atoms with Crippen molar-refractivity contribution in [2.75, 3.05) is 23.0 Å². The lowest BCUT2D eigenvalue weighted by Gasteiger charge is -2.16. The normalized spacial score (nSPS) is 10.8. The highest BCUT2D eigenvalue weighted by atomic mass is 32.2. The third kappa shape index (κ3) is 5.73. The molecule has 2 aromatic carbocycles. The van der Waals surface area contributed by atoms with Crippen molar-refractivity contribution in [3.63, 3.8) is 0 Å². The quantitative estimate of drug-likeness (QED) is 0.405. The Hall–Kier alpha value is -2.58. The smallest absolute Gasteiger partial charge is 0.234 e. The van der Waals surface area contributed by atoms with E-state index in [4.69, 9.17) is 4.74 Å². The van der Waals surface area contributed by atoms with Gasteiger partial charge in [-0.15, -0.1) is 10.2 Å². The van der Waals surface area contributed by atoms with E-state index in [9.17, 15) is 4.79 Å². The van der Waals surface area contributed by atoms with Crippen LogP contribution in [-0.4, -0.2) is 28.5 Å². The largest absolute Gasteiger partial charge is 0.492 e. The van der Waals surface area contributed by atoms with E-state index in [-0.39, 0.29) is 11.7 Å². The van der Waals surface area contributed by atoms with Gasteiger partial charge in [0.25, 0.3) is 0 Å². The lowest BCUT2D eigenvalue weighted by Crippen LogP contribution is -2.16. The molecule has 1 aromatic heterocycles. The molecule has 0 atom stereocenters. The Balaban J connectivity index is 1.59. The van der Waals surface area contributed by atoms with Gasteiger partial charge in [-0.05, 0) is 43.0 Å². The third-order valence-corrected chi connectivity index (χ3v) is 6.33. The highest BCUT2D eigenvalue weighted by molar-refractivity contribution is 8.01. The molecule has 0 unspecified atom stereocenters. The predicted molar refractivity (Wildman–Crippen MR) is 125 cm³/mol. The van der Waals surface area contributed by atoms with E-state index in [1.54, 1.807) is 0 Å². The minimum absolute atomic E-state index is 0.0531. The average Bonchev–Trinajstić information content (AvgIpc) is 3.17. The number of anilines is 3. The van der Waals surface area contributed by atoms with Crippen LogP contribution in [0.4, 0.5) is 16.5 Å². The van der Waals surface area contributed by atoms with E-state index in [0.29, 0.717) is 17.7 Å². The van der Waals surface area contributed by atoms with Crippen LogP contribution in [0.2, 0.25) is 0 Å². The van der Waals surface area contributed by atoms with E-state index in [1.165, 1.54) is 23.1 Å². The molecule has 158 valence electrons. The number of ether oxygens (including phenoxy) is 1. The first kappa shape index (κ1) is 22.1. The van der Waals surface area contributed by atoms with Crippen molar-refractivity contribution >= 4 is 45.5 Å². The maximum absolute atomic E-state index is 12.5. The first-order valence-electron chi connectivity index (χ1n) is 9.82. The second kappa shape index (κ2) is 10.4. The Bertz CT molecular complexity index is 1000. The summed E-state index contributed by atoms with van der Waals surface area (Å²) in [5.41, 5.74) is 3.95. The second-order valence-corrected chi connectivity index (χ2v) is 9.16. The SMILES string of the molecule is CCOc1ccccc1Nc1nnc(SCC(=O)Nc2c(C)cccc2C(C)C)s1. The highest BCUT2D eigenvalue weighted by Gasteiger charge is 2.14. The lowest BCUT2D eigenvalue weighted by atomic mass is 9.98. The molecule has 3 aromatic rings. The number of nitrogens with one attached hydrogen (secondary N) is 2. The van der Waals surface area contributed by atoms with Gasteiger partial charge in [-0.25, -0.2) is 0 Å². The molecule has 0 fully saturated rings. The van der Waals surface area contributed by atoms with Crippen molar-refractivity contribution < 1.29 is 9.53 Å². The molecule has 2 N–H and O–H groups in total. The molecule has 0 saturated carbocycles. The van der Waals surface area contributed by atoms with Crippen molar-refractivity contribution in [1.29, 1.82) is 0 Å². The number of amides is 1. The van der Waals surface area contributed by atoms with Crippen LogP contribution in [0.3, 0.4) is 0 Å². The molecule has 0 aliphatic carbocycles. The fraction of sp³-hybridized carbons (Fsp3) is 0.318. The van der Waals surface area contributed by atoms with Crippen molar-refractivity contribution in [2.24, 2.45) is 0 Å². The topological polar surface area (TPSA) is 76.1 Å². The summed E-state index contributed by atoms with van der Waals surface area (Å²) >= 11 is 2.78. The van der Waals surface area contributed by atoms with Crippen molar-refractivity contribution in [2.45, 2.75) is 38.0 Å². The van der Waals surface area contributed by atoms with Gasteiger partial charge in [0.2, 0.25) is 11.0 Å². The van der Waals surface area contributed by atoms with Crippen LogP contribution in [0.25, 0.3) is 0 Å². The molecule has 3 rings (SSSR count). The van der Waals surface area contributed by atoms with Gasteiger partial charge < -0.3 is 15.4 Å². The van der Waals surface area contributed by atoms with Crippen LogP contribution >= 0.6 is 23.1 Å². The van der Waals surface area contributed by atoms with Gasteiger partial charge in [0, 0.05) is 5.69 Å². The number of benzene rings is 2. The van der Waals surface area contributed by atoms with Crippen molar-refractivity contribution in [3.05, 3.63) is 53.6 Å². The minimum atomic E-state index is -0.0531. The molecular weight excluding hydrogens is 416 g/mol. The Labute approximate surface area is 185 Å². The standard InChI is InChI=1S/C22H26N4O2S2/c1-5-28-18-12-7-6-11-17(18)23-21-25-26-22(30-21)29-13-19(27)24-20-15(4)9-8-10-16(20)14(2)3/h6-12,14H,5,13H2,1-4H3,(H,23,25)(H,24,27). The maximum atomic E-state index is 12.5. The van der Waals surface area contributed by atoms with Crippen LogP contribution in [0, 0.1) is 6.92 Å². The third-order valence-electron chi connectivity index (χ3n) is 4.35. The van der Waals surface area contributed by atoms with Gasteiger partial charge in [0.15, 0.2) is 4.34 Å². The second-order valence-electron chi connectivity index (χ2n) is 6.96. The monoisotopic (exact) mass is 442 g/mol. The van der Waals surface area contributed by atoms with Gasteiger partial charge in [-0.3, -0.25) is 4.79 Å². The van der Waals surface area contributed by atoms with Crippen LogP contribution in [0.5, 0.6) is 5.75 Å². The number of aryl methyl sites for hydroxylation is 1. The summed E-state index contributed by atoms with van der Waals surface area (Å²) in [5, 5.41) is 15.3. The minimum Gasteiger partial charge on any atom is -0.492 e. The summed E-state index contributed by atoms with van der Waals surface area (Å²) in [6, 6.07) is 13.8. The summed E-state index contributed by atoms with van der Waals surface area (Å²) in [6.45, 7) is 8.79. The van der Waals surface area contributed by atoms with Gasteiger partial charge in [-0.2, -0.15) is 0 Å². The Morgan fingerprint density at radius 1 is 1.17 bits per heavy atom. The van der Waals surface area contributed by atoms with Crippen molar-refractivity contribution in [1.82, 2.24) is 10.2 Å². The van der Waals surface area contributed by atoms with Gasteiger partial charge in [0.1, 0.15) is 5.75 Å². The summed E-state index contributed by atoms with van der Waals surface area (Å²) in [5.74, 6) is 1.32. The molecule has 1 heterocycles. The molecule has 0 aliphatic heterocycles. The van der Waals surface area contributed by atoms with Crippen LogP contribution in [-0.2, 0) is 4.79 Å². The number of thioether (sulfide) groups is 1. The fourth-order valence-corrected chi connectivity index (χ4v) is 4.49. The van der Waals surface area contributed by atoms with E-state index in [2.05, 4.69) is 40.7 Å². The lowest BCUT2D eigenvalue weighted by molar-refractivity contribution is -0.113.